The van der Waals surface area contributed by atoms with Crippen LogP contribution in [0, 0.1) is 5.92 Å². The first kappa shape index (κ1) is 13.2. The van der Waals surface area contributed by atoms with Crippen molar-refractivity contribution in [2.24, 2.45) is 5.92 Å². The largest absolute Gasteiger partial charge is 0.330 e. The summed E-state index contributed by atoms with van der Waals surface area (Å²) in [6.07, 6.45) is 2.55. The molecule has 0 saturated heterocycles. The number of hydrogen-bond donors (Lipinski definition) is 0. The summed E-state index contributed by atoms with van der Waals surface area (Å²) < 4.78 is 21.8. The summed E-state index contributed by atoms with van der Waals surface area (Å²) in [5.74, 6) is 0.676. The predicted molar refractivity (Wildman–Crippen MR) is 61.3 cm³/mol. The van der Waals surface area contributed by atoms with Crippen LogP contribution >= 0.6 is 7.60 Å². The second-order valence-electron chi connectivity index (χ2n) is 4.55. The predicted octanol–water partition coefficient (Wildman–Crippen LogP) is 2.20. The van der Waals surface area contributed by atoms with Crippen molar-refractivity contribution in [1.82, 2.24) is 4.90 Å². The molecule has 15 heavy (non-hydrogen) atoms. The quantitative estimate of drug-likeness (QED) is 0.662. The van der Waals surface area contributed by atoms with Gasteiger partial charge in [0.05, 0.1) is 6.16 Å². The van der Waals surface area contributed by atoms with Gasteiger partial charge < -0.3 is 13.9 Å². The highest BCUT2D eigenvalue weighted by Gasteiger charge is 2.53. The van der Waals surface area contributed by atoms with Gasteiger partial charge in [-0.1, -0.05) is 6.92 Å². The summed E-state index contributed by atoms with van der Waals surface area (Å²) in [5, 5.41) is 0. The molecule has 2 atom stereocenters. The molecule has 0 aliphatic heterocycles. The third-order valence-corrected chi connectivity index (χ3v) is 5.57. The highest BCUT2D eigenvalue weighted by atomic mass is 31.2. The molecular weight excluding hydrogens is 213 g/mol. The van der Waals surface area contributed by atoms with E-state index in [0.29, 0.717) is 12.1 Å². The molecule has 0 unspecified atom stereocenters. The van der Waals surface area contributed by atoms with Crippen LogP contribution in [0.25, 0.3) is 0 Å². The Labute approximate surface area is 92.5 Å². The fraction of sp³-hybridized carbons (Fsp3) is 1.00. The van der Waals surface area contributed by atoms with Crippen molar-refractivity contribution >= 4 is 7.60 Å². The van der Waals surface area contributed by atoms with Crippen molar-refractivity contribution in [3.63, 3.8) is 0 Å². The Hall–Kier alpha value is 0.110. The average molecular weight is 235 g/mol. The molecule has 1 saturated carbocycles. The van der Waals surface area contributed by atoms with Gasteiger partial charge in [0.15, 0.2) is 0 Å². The number of hydrogen-bond acceptors (Lipinski definition) is 4. The van der Waals surface area contributed by atoms with Crippen LogP contribution in [0.2, 0.25) is 0 Å². The van der Waals surface area contributed by atoms with Crippen LogP contribution in [0.5, 0.6) is 0 Å². The summed E-state index contributed by atoms with van der Waals surface area (Å²) in [6.45, 7) is 2.23. The SMILES string of the molecule is COP(=O)(CC[C@]1(N(C)C)C[C@H]1C)OC. The standard InChI is InChI=1S/C10H22NO3P/c1-9-8-10(9,11(2)3)6-7-15(12,13-4)14-5/h9H,6-8H2,1-5H3/t9-,10+/m1/s1. The van der Waals surface area contributed by atoms with E-state index >= 15 is 0 Å². The van der Waals surface area contributed by atoms with Crippen molar-refractivity contribution in [1.29, 1.82) is 0 Å². The van der Waals surface area contributed by atoms with Gasteiger partial charge in [0.25, 0.3) is 0 Å². The third-order valence-electron chi connectivity index (χ3n) is 3.68. The molecule has 0 bridgehead atoms. The minimum atomic E-state index is -2.83. The molecule has 1 aliphatic carbocycles. The molecule has 1 fully saturated rings. The fourth-order valence-electron chi connectivity index (χ4n) is 2.25. The van der Waals surface area contributed by atoms with E-state index in [1.165, 1.54) is 20.6 Å². The van der Waals surface area contributed by atoms with Crippen LogP contribution in [-0.2, 0) is 13.6 Å². The van der Waals surface area contributed by atoms with Crippen LogP contribution in [0.3, 0.4) is 0 Å². The van der Waals surface area contributed by atoms with Gasteiger partial charge in [-0.15, -0.1) is 0 Å². The molecule has 0 aromatic heterocycles. The van der Waals surface area contributed by atoms with Gasteiger partial charge in [0.1, 0.15) is 0 Å². The van der Waals surface area contributed by atoms with Crippen molar-refractivity contribution in [3.8, 4) is 0 Å². The lowest BCUT2D eigenvalue weighted by molar-refractivity contribution is 0.233. The number of rotatable bonds is 6. The molecule has 0 radical (unpaired) electrons. The van der Waals surface area contributed by atoms with Crippen LogP contribution in [-0.4, -0.2) is 44.9 Å². The van der Waals surface area contributed by atoms with Crippen molar-refractivity contribution in [2.75, 3.05) is 34.5 Å². The van der Waals surface area contributed by atoms with Gasteiger partial charge in [-0.2, -0.15) is 0 Å². The summed E-state index contributed by atoms with van der Waals surface area (Å²) in [4.78, 5) is 2.23. The monoisotopic (exact) mass is 235 g/mol. The Balaban J connectivity index is 2.53. The van der Waals surface area contributed by atoms with Crippen LogP contribution in [0.15, 0.2) is 0 Å². The molecule has 5 heteroatoms. The summed E-state index contributed by atoms with van der Waals surface area (Å²) in [7, 11) is 4.22. The normalized spacial score (nSPS) is 30.9. The van der Waals surface area contributed by atoms with Crippen LogP contribution < -0.4 is 0 Å². The minimum Gasteiger partial charge on any atom is -0.312 e. The van der Waals surface area contributed by atoms with Gasteiger partial charge >= 0.3 is 7.60 Å². The number of nitrogens with zero attached hydrogens (tertiary/aromatic N) is 1. The van der Waals surface area contributed by atoms with Gasteiger partial charge in [-0.3, -0.25) is 4.57 Å². The van der Waals surface area contributed by atoms with E-state index in [1.54, 1.807) is 0 Å². The maximum absolute atomic E-state index is 11.9. The molecule has 0 amide bonds. The highest BCUT2D eigenvalue weighted by Crippen LogP contribution is 2.55. The zero-order valence-electron chi connectivity index (χ0n) is 10.3. The molecule has 0 spiro atoms. The molecule has 0 aromatic rings. The van der Waals surface area contributed by atoms with E-state index in [9.17, 15) is 4.57 Å². The molecule has 1 rings (SSSR count). The Morgan fingerprint density at radius 2 is 1.87 bits per heavy atom. The van der Waals surface area contributed by atoms with E-state index in [-0.39, 0.29) is 5.54 Å². The zero-order valence-corrected chi connectivity index (χ0v) is 11.2. The van der Waals surface area contributed by atoms with E-state index < -0.39 is 7.60 Å². The van der Waals surface area contributed by atoms with Gasteiger partial charge in [0.2, 0.25) is 0 Å². The third kappa shape index (κ3) is 2.62. The van der Waals surface area contributed by atoms with Crippen LogP contribution in [0.4, 0.5) is 0 Å². The van der Waals surface area contributed by atoms with Gasteiger partial charge in [-0.25, -0.2) is 0 Å². The van der Waals surface area contributed by atoms with E-state index in [1.807, 2.05) is 0 Å². The first-order valence-electron chi connectivity index (χ1n) is 5.28. The maximum atomic E-state index is 11.9. The summed E-state index contributed by atoms with van der Waals surface area (Å²) >= 11 is 0. The maximum Gasteiger partial charge on any atom is 0.330 e. The van der Waals surface area contributed by atoms with Crippen LogP contribution in [0.1, 0.15) is 19.8 Å². The summed E-state index contributed by atoms with van der Waals surface area (Å²) in [6, 6.07) is 0. The average Bonchev–Trinajstić information content (AvgIpc) is 2.88. The highest BCUT2D eigenvalue weighted by molar-refractivity contribution is 7.53. The molecule has 1 aliphatic rings. The van der Waals surface area contributed by atoms with Crippen molar-refractivity contribution < 1.29 is 13.6 Å². The van der Waals surface area contributed by atoms with Gasteiger partial charge in [0, 0.05) is 19.8 Å². The van der Waals surface area contributed by atoms with E-state index in [4.69, 9.17) is 9.05 Å². The second-order valence-corrected chi connectivity index (χ2v) is 6.95. The summed E-state index contributed by atoms with van der Waals surface area (Å²) in [5.41, 5.74) is 0.215. The lowest BCUT2D eigenvalue weighted by Crippen LogP contribution is -2.33. The van der Waals surface area contributed by atoms with Gasteiger partial charge in [-0.05, 0) is 32.9 Å². The Bertz CT molecular complexity index is 261. The van der Waals surface area contributed by atoms with E-state index in [2.05, 4.69) is 25.9 Å². The molecular formula is C10H22NO3P. The van der Waals surface area contributed by atoms with E-state index in [0.717, 1.165) is 6.42 Å². The molecule has 90 valence electrons. The Kier molecular flexibility index (Phi) is 3.99. The lowest BCUT2D eigenvalue weighted by Gasteiger charge is -2.26. The lowest BCUT2D eigenvalue weighted by atomic mass is 10.1. The fourth-order valence-corrected chi connectivity index (χ4v) is 3.43. The van der Waals surface area contributed by atoms with Crippen molar-refractivity contribution in [2.45, 2.75) is 25.3 Å². The minimum absolute atomic E-state index is 0.215. The van der Waals surface area contributed by atoms with Crippen molar-refractivity contribution in [3.05, 3.63) is 0 Å². The molecule has 0 heterocycles. The smallest absolute Gasteiger partial charge is 0.312 e. The zero-order chi connectivity index (χ0) is 11.7. The molecule has 4 nitrogen and oxygen atoms in total. The molecule has 0 N–H and O–H groups in total. The molecule has 0 aromatic carbocycles. The topological polar surface area (TPSA) is 38.8 Å². The Morgan fingerprint density at radius 3 is 2.13 bits per heavy atom. The Morgan fingerprint density at radius 1 is 1.40 bits per heavy atom. The first-order chi connectivity index (χ1) is 6.90. The first-order valence-corrected chi connectivity index (χ1v) is 7.01. The second kappa shape index (κ2) is 4.54.